The molecule has 3 N–H and O–H groups in total. The van der Waals surface area contributed by atoms with Gasteiger partial charge in [-0.05, 0) is 17.7 Å². The minimum Gasteiger partial charge on any atom is -0.370 e. The smallest absolute Gasteiger partial charge is 0.253 e. The highest BCUT2D eigenvalue weighted by molar-refractivity contribution is 6.05. The van der Waals surface area contributed by atoms with Crippen LogP contribution in [0, 0.1) is 0 Å². The molecule has 1 aliphatic heterocycles. The predicted octanol–water partition coefficient (Wildman–Crippen LogP) is 2.56. The van der Waals surface area contributed by atoms with E-state index in [1.165, 1.54) is 0 Å². The van der Waals surface area contributed by atoms with Crippen LogP contribution in [0.4, 0.5) is 5.82 Å². The van der Waals surface area contributed by atoms with E-state index in [2.05, 4.69) is 27.5 Å². The molecular weight excluding hydrogens is 368 g/mol. The number of hydrogen-bond donors (Lipinski definition) is 2. The lowest BCUT2D eigenvalue weighted by Gasteiger charge is -2.12. The highest BCUT2D eigenvalue weighted by Gasteiger charge is 2.22. The van der Waals surface area contributed by atoms with Crippen molar-refractivity contribution in [1.29, 1.82) is 0 Å². The standard InChI is InChI=1S/C21H18N6O2/c22-19(28)14-7-4-8-18-15(14)10-24-27(18)21-25-17-12-29-11-16(17)20(26-21)23-9-13-5-2-1-3-6-13/h1-8,10H,9,11-12H2,(H2,22,28)(H,23,25,26). The number of rotatable bonds is 5. The monoisotopic (exact) mass is 386 g/mol. The summed E-state index contributed by atoms with van der Waals surface area (Å²) in [6, 6.07) is 15.4. The minimum absolute atomic E-state index is 0.417. The molecule has 0 atom stereocenters. The first-order valence-corrected chi connectivity index (χ1v) is 9.23. The third kappa shape index (κ3) is 3.09. The maximum atomic E-state index is 11.7. The number of amides is 1. The van der Waals surface area contributed by atoms with E-state index in [1.807, 2.05) is 24.3 Å². The van der Waals surface area contributed by atoms with Crippen molar-refractivity contribution >= 4 is 22.6 Å². The Balaban J connectivity index is 1.57. The fourth-order valence-corrected chi connectivity index (χ4v) is 3.49. The molecule has 0 saturated carbocycles. The maximum Gasteiger partial charge on any atom is 0.253 e. The Kier molecular flexibility index (Phi) is 4.18. The van der Waals surface area contributed by atoms with E-state index in [1.54, 1.807) is 23.0 Å². The maximum absolute atomic E-state index is 11.7. The van der Waals surface area contributed by atoms with Gasteiger partial charge >= 0.3 is 0 Å². The quantitative estimate of drug-likeness (QED) is 0.546. The molecule has 0 fully saturated rings. The fraction of sp³-hybridized carbons (Fsp3) is 0.143. The summed E-state index contributed by atoms with van der Waals surface area (Å²) >= 11 is 0. The molecule has 0 bridgehead atoms. The van der Waals surface area contributed by atoms with Crippen LogP contribution in [-0.4, -0.2) is 25.7 Å². The number of benzene rings is 2. The highest BCUT2D eigenvalue weighted by atomic mass is 16.5. The molecule has 2 aromatic heterocycles. The minimum atomic E-state index is -0.497. The highest BCUT2D eigenvalue weighted by Crippen LogP contribution is 2.27. The van der Waals surface area contributed by atoms with E-state index in [0.717, 1.165) is 22.6 Å². The SMILES string of the molecule is NC(=O)c1cccc2c1cnn2-c1nc2c(c(NCc3ccccc3)n1)COC2. The molecule has 1 aliphatic rings. The van der Waals surface area contributed by atoms with Gasteiger partial charge in [0.25, 0.3) is 5.95 Å². The zero-order chi connectivity index (χ0) is 19.8. The second-order valence-corrected chi connectivity index (χ2v) is 6.79. The first-order valence-electron chi connectivity index (χ1n) is 9.23. The van der Waals surface area contributed by atoms with Gasteiger partial charge in [0.2, 0.25) is 5.91 Å². The van der Waals surface area contributed by atoms with Crippen molar-refractivity contribution < 1.29 is 9.53 Å². The number of anilines is 1. The van der Waals surface area contributed by atoms with E-state index in [9.17, 15) is 4.79 Å². The fourth-order valence-electron chi connectivity index (χ4n) is 3.49. The van der Waals surface area contributed by atoms with Gasteiger partial charge in [0.05, 0.1) is 36.2 Å². The summed E-state index contributed by atoms with van der Waals surface area (Å²) in [5, 5.41) is 8.47. The number of carbonyl (C=O) groups excluding carboxylic acids is 1. The van der Waals surface area contributed by atoms with E-state index >= 15 is 0 Å². The van der Waals surface area contributed by atoms with Gasteiger partial charge in [0, 0.05) is 17.5 Å². The molecule has 0 radical (unpaired) electrons. The number of carbonyl (C=O) groups is 1. The molecule has 8 heteroatoms. The third-order valence-corrected chi connectivity index (χ3v) is 4.94. The van der Waals surface area contributed by atoms with Crippen LogP contribution in [0.1, 0.15) is 27.2 Å². The first-order chi connectivity index (χ1) is 14.2. The summed E-state index contributed by atoms with van der Waals surface area (Å²) in [4.78, 5) is 21.1. The van der Waals surface area contributed by atoms with Crippen LogP contribution in [0.2, 0.25) is 0 Å². The van der Waals surface area contributed by atoms with Crippen LogP contribution in [0.5, 0.6) is 0 Å². The van der Waals surface area contributed by atoms with Crippen molar-refractivity contribution in [3.63, 3.8) is 0 Å². The van der Waals surface area contributed by atoms with Gasteiger partial charge in [-0.1, -0.05) is 36.4 Å². The summed E-state index contributed by atoms with van der Waals surface area (Å²) in [5.41, 5.74) is 9.56. The Morgan fingerprint density at radius 3 is 2.79 bits per heavy atom. The van der Waals surface area contributed by atoms with Crippen LogP contribution < -0.4 is 11.1 Å². The molecule has 1 amide bonds. The topological polar surface area (TPSA) is 108 Å². The van der Waals surface area contributed by atoms with Gasteiger partial charge in [0.15, 0.2) is 0 Å². The Hall–Kier alpha value is -3.78. The van der Waals surface area contributed by atoms with Crippen molar-refractivity contribution in [2.45, 2.75) is 19.8 Å². The number of nitrogens with one attached hydrogen (secondary N) is 1. The van der Waals surface area contributed by atoms with Gasteiger partial charge in [-0.3, -0.25) is 4.79 Å². The molecule has 4 aromatic rings. The first kappa shape index (κ1) is 17.3. The third-order valence-electron chi connectivity index (χ3n) is 4.94. The molecule has 8 nitrogen and oxygen atoms in total. The van der Waals surface area contributed by atoms with Crippen molar-refractivity contribution in [3.8, 4) is 5.95 Å². The van der Waals surface area contributed by atoms with E-state index in [4.69, 9.17) is 15.5 Å². The normalized spacial score (nSPS) is 12.8. The Bertz CT molecular complexity index is 1220. The number of nitrogens with two attached hydrogens (primary N) is 1. The summed E-state index contributed by atoms with van der Waals surface area (Å²) < 4.78 is 7.20. The largest absolute Gasteiger partial charge is 0.370 e. The molecule has 5 rings (SSSR count). The Morgan fingerprint density at radius 2 is 1.97 bits per heavy atom. The number of ether oxygens (including phenoxy) is 1. The molecular formula is C21H18N6O2. The van der Waals surface area contributed by atoms with Crippen molar-refractivity contribution in [3.05, 3.63) is 77.1 Å². The second-order valence-electron chi connectivity index (χ2n) is 6.79. The van der Waals surface area contributed by atoms with Gasteiger partial charge in [-0.25, -0.2) is 4.98 Å². The average molecular weight is 386 g/mol. The summed E-state index contributed by atoms with van der Waals surface area (Å²) in [5.74, 6) is 0.645. The Morgan fingerprint density at radius 1 is 1.10 bits per heavy atom. The van der Waals surface area contributed by atoms with Crippen LogP contribution in [0.25, 0.3) is 16.9 Å². The van der Waals surface area contributed by atoms with Gasteiger partial charge in [-0.15, -0.1) is 0 Å². The van der Waals surface area contributed by atoms with Gasteiger partial charge in [0.1, 0.15) is 5.82 Å². The van der Waals surface area contributed by atoms with Crippen LogP contribution in [0.15, 0.2) is 54.7 Å². The predicted molar refractivity (Wildman–Crippen MR) is 107 cm³/mol. The average Bonchev–Trinajstić information content (AvgIpc) is 3.39. The van der Waals surface area contributed by atoms with Crippen LogP contribution >= 0.6 is 0 Å². The molecule has 0 saturated heterocycles. The molecule has 29 heavy (non-hydrogen) atoms. The molecule has 144 valence electrons. The van der Waals surface area contributed by atoms with Crippen LogP contribution in [0.3, 0.4) is 0 Å². The van der Waals surface area contributed by atoms with E-state index in [-0.39, 0.29) is 0 Å². The Labute approximate surface area is 166 Å². The van der Waals surface area contributed by atoms with Gasteiger partial charge < -0.3 is 15.8 Å². The number of aromatic nitrogens is 4. The molecule has 0 aliphatic carbocycles. The molecule has 2 aromatic carbocycles. The number of nitrogens with zero attached hydrogens (tertiary/aromatic N) is 4. The van der Waals surface area contributed by atoms with Crippen molar-refractivity contribution in [2.75, 3.05) is 5.32 Å². The zero-order valence-corrected chi connectivity index (χ0v) is 15.5. The molecule has 0 spiro atoms. The van der Waals surface area contributed by atoms with E-state index < -0.39 is 5.91 Å². The molecule has 0 unspecified atom stereocenters. The summed E-state index contributed by atoms with van der Waals surface area (Å²) in [7, 11) is 0. The van der Waals surface area contributed by atoms with E-state index in [0.29, 0.717) is 42.2 Å². The summed E-state index contributed by atoms with van der Waals surface area (Å²) in [6.07, 6.45) is 1.61. The lowest BCUT2D eigenvalue weighted by molar-refractivity contribution is 0.100. The van der Waals surface area contributed by atoms with Crippen molar-refractivity contribution in [2.24, 2.45) is 5.73 Å². The zero-order valence-electron chi connectivity index (χ0n) is 15.5. The lowest BCUT2D eigenvalue weighted by atomic mass is 10.1. The van der Waals surface area contributed by atoms with Crippen molar-refractivity contribution in [1.82, 2.24) is 19.7 Å². The molecule has 3 heterocycles. The number of primary amides is 1. The summed E-state index contributed by atoms with van der Waals surface area (Å²) in [6.45, 7) is 1.53. The number of hydrogen-bond acceptors (Lipinski definition) is 6. The lowest BCUT2D eigenvalue weighted by Crippen LogP contribution is -2.12. The van der Waals surface area contributed by atoms with Gasteiger partial charge in [-0.2, -0.15) is 14.8 Å². The van der Waals surface area contributed by atoms with Crippen LogP contribution in [-0.2, 0) is 24.5 Å². The number of fused-ring (bicyclic) bond motifs is 2. The second kappa shape index (κ2) is 6.99.